The number of amidine groups is 1. The number of nitrogens with two attached hydrogens (primary N) is 1. The fraction of sp³-hybridized carbons (Fsp3) is 0.400. The van der Waals surface area contributed by atoms with Crippen molar-refractivity contribution in [3.63, 3.8) is 0 Å². The summed E-state index contributed by atoms with van der Waals surface area (Å²) >= 11 is 6.04. The quantitative estimate of drug-likeness (QED) is 0.856. The molecule has 1 heterocycles. The van der Waals surface area contributed by atoms with Crippen molar-refractivity contribution in [1.29, 1.82) is 10.5 Å². The number of rotatable bonds is 3. The molecule has 0 saturated heterocycles. The highest BCUT2D eigenvalue weighted by Crippen LogP contribution is 2.81. The van der Waals surface area contributed by atoms with Crippen LogP contribution in [0.4, 0.5) is 0 Å². The zero-order valence-corrected chi connectivity index (χ0v) is 12.8. The molecule has 2 aliphatic rings. The smallest absolute Gasteiger partial charge is 0.292 e. The Hall–Kier alpha value is -2.12. The number of aliphatic imine (C=N–C) groups is 1. The van der Waals surface area contributed by atoms with Gasteiger partial charge in [-0.05, 0) is 17.7 Å². The van der Waals surface area contributed by atoms with Gasteiger partial charge in [0.2, 0.25) is 0 Å². The highest BCUT2D eigenvalue weighted by molar-refractivity contribution is 6.30. The SMILES string of the molecule is COC1(OC)N=C(N)[C@]2(C#N)[C@H](c3cccc(Cl)c3)[C@]12C#N. The maximum absolute atomic E-state index is 9.86. The minimum atomic E-state index is -1.60. The largest absolute Gasteiger partial charge is 0.386 e. The van der Waals surface area contributed by atoms with Gasteiger partial charge in [-0.3, -0.25) is 0 Å². The van der Waals surface area contributed by atoms with E-state index in [1.54, 1.807) is 24.3 Å². The number of fused-ring (bicyclic) bond motifs is 1. The molecule has 7 heteroatoms. The first-order valence-corrected chi connectivity index (χ1v) is 6.91. The van der Waals surface area contributed by atoms with Gasteiger partial charge in [-0.2, -0.15) is 10.5 Å². The highest BCUT2D eigenvalue weighted by atomic mass is 35.5. The van der Waals surface area contributed by atoms with Crippen molar-refractivity contribution in [1.82, 2.24) is 0 Å². The summed E-state index contributed by atoms with van der Waals surface area (Å²) in [7, 11) is 2.75. The van der Waals surface area contributed by atoms with E-state index in [4.69, 9.17) is 26.8 Å². The van der Waals surface area contributed by atoms with Crippen LogP contribution in [0, 0.1) is 33.5 Å². The molecule has 6 nitrogen and oxygen atoms in total. The van der Waals surface area contributed by atoms with E-state index < -0.39 is 22.7 Å². The standard InChI is InChI=1S/C15H13ClN4O2/c1-21-15(22-2)14(8-18)11(9-4-3-5-10(16)6-9)13(14,7-17)12(19)20-15/h3-6,11H,1-2H3,(H2,19,20)/t11-,13-,14-/m0/s1. The Bertz CT molecular complexity index is 762. The third kappa shape index (κ3) is 1.29. The molecule has 1 aromatic carbocycles. The van der Waals surface area contributed by atoms with Gasteiger partial charge in [0.1, 0.15) is 11.3 Å². The Labute approximate surface area is 132 Å². The fourth-order valence-corrected chi connectivity index (χ4v) is 3.91. The monoisotopic (exact) mass is 316 g/mol. The van der Waals surface area contributed by atoms with Crippen LogP contribution in [0.2, 0.25) is 5.02 Å². The van der Waals surface area contributed by atoms with Crippen LogP contribution in [-0.2, 0) is 9.47 Å². The Kier molecular flexibility index (Phi) is 2.99. The molecule has 1 aromatic rings. The summed E-state index contributed by atoms with van der Waals surface area (Å²) in [5, 5.41) is 20.1. The van der Waals surface area contributed by atoms with Crippen LogP contribution in [-0.4, -0.2) is 26.0 Å². The van der Waals surface area contributed by atoms with Gasteiger partial charge < -0.3 is 15.2 Å². The number of methoxy groups -OCH3 is 2. The molecule has 0 unspecified atom stereocenters. The zero-order chi connectivity index (χ0) is 16.2. The summed E-state index contributed by atoms with van der Waals surface area (Å²) in [6.45, 7) is 0. The fourth-order valence-electron chi connectivity index (χ4n) is 3.71. The van der Waals surface area contributed by atoms with E-state index in [1.807, 2.05) is 0 Å². The lowest BCUT2D eigenvalue weighted by molar-refractivity contribution is -0.230. The van der Waals surface area contributed by atoms with Crippen LogP contribution >= 0.6 is 11.6 Å². The highest BCUT2D eigenvalue weighted by Gasteiger charge is 2.93. The van der Waals surface area contributed by atoms with Crippen molar-refractivity contribution < 1.29 is 9.47 Å². The summed E-state index contributed by atoms with van der Waals surface area (Å²) in [6.07, 6.45) is 0. The van der Waals surface area contributed by atoms with Crippen LogP contribution in [0.15, 0.2) is 29.3 Å². The maximum Gasteiger partial charge on any atom is 0.292 e. The molecule has 0 bridgehead atoms. The minimum absolute atomic E-state index is 0.0465. The topological polar surface area (TPSA) is 104 Å². The van der Waals surface area contributed by atoms with Crippen molar-refractivity contribution in [3.8, 4) is 12.1 Å². The van der Waals surface area contributed by atoms with Crippen LogP contribution in [0.25, 0.3) is 0 Å². The molecule has 0 radical (unpaired) electrons. The van der Waals surface area contributed by atoms with E-state index in [0.717, 1.165) is 5.56 Å². The molecule has 2 N–H and O–H groups in total. The summed E-state index contributed by atoms with van der Waals surface area (Å²) in [4.78, 5) is 4.14. The van der Waals surface area contributed by atoms with Crippen LogP contribution in [0.3, 0.4) is 0 Å². The van der Waals surface area contributed by atoms with Crippen molar-refractivity contribution in [2.75, 3.05) is 14.2 Å². The van der Waals surface area contributed by atoms with Gasteiger partial charge >= 0.3 is 0 Å². The number of hydrogen-bond donors (Lipinski definition) is 1. The second-order valence-corrected chi connectivity index (χ2v) is 5.75. The van der Waals surface area contributed by atoms with E-state index in [9.17, 15) is 10.5 Å². The average molecular weight is 317 g/mol. The van der Waals surface area contributed by atoms with Crippen LogP contribution in [0.5, 0.6) is 0 Å². The predicted octanol–water partition coefficient (Wildman–Crippen LogP) is 1.77. The van der Waals surface area contributed by atoms with Crippen molar-refractivity contribution in [2.24, 2.45) is 21.6 Å². The summed E-state index contributed by atoms with van der Waals surface area (Å²) < 4.78 is 10.8. The zero-order valence-electron chi connectivity index (χ0n) is 12.0. The molecule has 22 heavy (non-hydrogen) atoms. The molecule has 3 atom stereocenters. The van der Waals surface area contributed by atoms with Gasteiger partial charge in [-0.1, -0.05) is 23.7 Å². The second-order valence-electron chi connectivity index (χ2n) is 5.31. The number of benzene rings is 1. The third-order valence-electron chi connectivity index (χ3n) is 4.66. The van der Waals surface area contributed by atoms with Crippen LogP contribution in [0.1, 0.15) is 11.5 Å². The van der Waals surface area contributed by atoms with Gasteiger partial charge in [0, 0.05) is 25.2 Å². The summed E-state index contributed by atoms with van der Waals surface area (Å²) in [6, 6.07) is 11.4. The van der Waals surface area contributed by atoms with E-state index in [2.05, 4.69) is 17.1 Å². The second kappa shape index (κ2) is 4.44. The number of ether oxygens (including phenoxy) is 2. The molecular formula is C15H13ClN4O2. The van der Waals surface area contributed by atoms with Gasteiger partial charge in [0.25, 0.3) is 5.91 Å². The first-order valence-electron chi connectivity index (χ1n) is 6.53. The number of nitriles is 2. The van der Waals surface area contributed by atoms with E-state index in [0.29, 0.717) is 5.02 Å². The first-order chi connectivity index (χ1) is 10.5. The van der Waals surface area contributed by atoms with Gasteiger partial charge in [-0.15, -0.1) is 0 Å². The molecule has 0 spiro atoms. The molecular weight excluding hydrogens is 304 g/mol. The molecule has 0 aromatic heterocycles. The molecule has 1 saturated carbocycles. The Morgan fingerprint density at radius 3 is 2.45 bits per heavy atom. The van der Waals surface area contributed by atoms with Gasteiger partial charge in [0.15, 0.2) is 5.41 Å². The van der Waals surface area contributed by atoms with E-state index in [-0.39, 0.29) is 5.84 Å². The Balaban J connectivity index is 2.26. The lowest BCUT2D eigenvalue weighted by atomic mass is 9.93. The molecule has 0 amide bonds. The maximum atomic E-state index is 9.86. The number of halogens is 1. The third-order valence-corrected chi connectivity index (χ3v) is 4.90. The van der Waals surface area contributed by atoms with Crippen molar-refractivity contribution in [2.45, 2.75) is 11.8 Å². The minimum Gasteiger partial charge on any atom is -0.386 e. The molecule has 112 valence electrons. The molecule has 1 aliphatic heterocycles. The summed E-state index contributed by atoms with van der Waals surface area (Å²) in [5.41, 5.74) is 4.11. The lowest BCUT2D eigenvalue weighted by Crippen LogP contribution is -2.41. The van der Waals surface area contributed by atoms with Crippen molar-refractivity contribution >= 4 is 17.4 Å². The molecule has 1 aliphatic carbocycles. The number of nitrogens with zero attached hydrogens (tertiary/aromatic N) is 3. The molecule has 1 fully saturated rings. The first kappa shape index (κ1) is 14.8. The van der Waals surface area contributed by atoms with Gasteiger partial charge in [-0.25, -0.2) is 4.99 Å². The number of hydrogen-bond acceptors (Lipinski definition) is 6. The molecule has 3 rings (SSSR count). The Morgan fingerprint density at radius 1 is 1.27 bits per heavy atom. The van der Waals surface area contributed by atoms with Crippen molar-refractivity contribution in [3.05, 3.63) is 34.9 Å². The van der Waals surface area contributed by atoms with Crippen LogP contribution < -0.4 is 5.73 Å². The summed E-state index contributed by atoms with van der Waals surface area (Å²) in [5.74, 6) is -2.08. The predicted molar refractivity (Wildman–Crippen MR) is 78.7 cm³/mol. The van der Waals surface area contributed by atoms with E-state index in [1.165, 1.54) is 14.2 Å². The Morgan fingerprint density at radius 2 is 1.95 bits per heavy atom. The lowest BCUT2D eigenvalue weighted by Gasteiger charge is -2.29. The normalized spacial score (nSPS) is 34.2. The van der Waals surface area contributed by atoms with Gasteiger partial charge in [0.05, 0.1) is 12.1 Å². The average Bonchev–Trinajstić information content (AvgIpc) is 3.11. The van der Waals surface area contributed by atoms with E-state index >= 15 is 0 Å².